The number of rotatable bonds is 5. The van der Waals surface area contributed by atoms with Crippen molar-refractivity contribution in [2.45, 2.75) is 19.8 Å². The van der Waals surface area contributed by atoms with Gasteiger partial charge in [0.25, 0.3) is 0 Å². The maximum Gasteiger partial charge on any atom is -0.0248 e. The van der Waals surface area contributed by atoms with E-state index in [9.17, 15) is 0 Å². The maximum atomic E-state index is 3.68. The Hall–Kier alpha value is -1.04. The lowest BCUT2D eigenvalue weighted by molar-refractivity contribution is 1.01. The van der Waals surface area contributed by atoms with E-state index in [-0.39, 0.29) is 0 Å². The summed E-state index contributed by atoms with van der Waals surface area (Å²) < 4.78 is 0. The predicted molar refractivity (Wildman–Crippen MR) is 52.5 cm³/mol. The van der Waals surface area contributed by atoms with Crippen LogP contribution in [0.3, 0.4) is 0 Å². The molecule has 0 amide bonds. The van der Waals surface area contributed by atoms with Gasteiger partial charge in [-0.05, 0) is 19.8 Å². The van der Waals surface area contributed by atoms with Crippen molar-refractivity contribution < 1.29 is 0 Å². The third-order valence-electron chi connectivity index (χ3n) is 1.45. The highest BCUT2D eigenvalue weighted by Gasteiger charge is 1.86. The lowest BCUT2D eigenvalue weighted by atomic mass is 10.1. The Bertz CT molecular complexity index is 170. The molecule has 0 aromatic carbocycles. The van der Waals surface area contributed by atoms with Crippen LogP contribution in [0.5, 0.6) is 0 Å². The van der Waals surface area contributed by atoms with Crippen molar-refractivity contribution in [1.82, 2.24) is 0 Å². The minimum atomic E-state index is 1.04. The Balaban J connectivity index is 3.86. The summed E-state index contributed by atoms with van der Waals surface area (Å²) in [5.74, 6) is 0. The smallest absolute Gasteiger partial charge is 0.0248 e. The van der Waals surface area contributed by atoms with Crippen LogP contribution in [0.25, 0.3) is 0 Å². The fourth-order valence-electron chi connectivity index (χ4n) is 0.784. The lowest BCUT2D eigenvalue weighted by Gasteiger charge is -1.95. The average molecular weight is 148 g/mol. The molecular formula is C11H16. The van der Waals surface area contributed by atoms with Crippen LogP contribution in [0.2, 0.25) is 0 Å². The molecule has 0 fully saturated rings. The van der Waals surface area contributed by atoms with Crippen molar-refractivity contribution in [2.24, 2.45) is 0 Å². The van der Waals surface area contributed by atoms with E-state index in [1.165, 1.54) is 5.57 Å². The van der Waals surface area contributed by atoms with Gasteiger partial charge in [-0.1, -0.05) is 42.5 Å². The largest absolute Gasteiger partial charge is 0.103 e. The van der Waals surface area contributed by atoms with E-state index < -0.39 is 0 Å². The summed E-state index contributed by atoms with van der Waals surface area (Å²) in [6, 6.07) is 0. The van der Waals surface area contributed by atoms with Crippen LogP contribution in [0, 0.1) is 0 Å². The minimum absolute atomic E-state index is 1.04. The fraction of sp³-hybridized carbons (Fsp3) is 0.273. The van der Waals surface area contributed by atoms with Gasteiger partial charge in [-0.25, -0.2) is 0 Å². The van der Waals surface area contributed by atoms with Crippen molar-refractivity contribution in [2.75, 3.05) is 0 Å². The van der Waals surface area contributed by atoms with E-state index in [0.717, 1.165) is 12.8 Å². The highest BCUT2D eigenvalue weighted by atomic mass is 13.9. The molecule has 0 rings (SSSR count). The van der Waals surface area contributed by atoms with Gasteiger partial charge in [-0.2, -0.15) is 0 Å². The fourth-order valence-corrected chi connectivity index (χ4v) is 0.784. The SMILES string of the molecule is C=C/C=C\C(=C/C)CCC=C. The summed E-state index contributed by atoms with van der Waals surface area (Å²) in [5, 5.41) is 0. The Morgan fingerprint density at radius 2 is 2.09 bits per heavy atom. The van der Waals surface area contributed by atoms with Gasteiger partial charge in [0, 0.05) is 0 Å². The van der Waals surface area contributed by atoms with Crippen molar-refractivity contribution in [3.05, 3.63) is 49.1 Å². The quantitative estimate of drug-likeness (QED) is 0.412. The Morgan fingerprint density at radius 1 is 1.36 bits per heavy atom. The molecule has 0 unspecified atom stereocenters. The second-order valence-electron chi connectivity index (χ2n) is 2.29. The van der Waals surface area contributed by atoms with Gasteiger partial charge in [0.05, 0.1) is 0 Å². The molecule has 0 nitrogen and oxygen atoms in total. The molecule has 0 aromatic heterocycles. The molecule has 0 bridgehead atoms. The van der Waals surface area contributed by atoms with E-state index in [4.69, 9.17) is 0 Å². The predicted octanol–water partition coefficient (Wildman–Crippen LogP) is 3.64. The third-order valence-corrected chi connectivity index (χ3v) is 1.45. The standard InChI is InChI=1S/C11H16/c1-4-7-9-11(6-3)10-8-5-2/h4-7,9H,1-2,8,10H2,3H3/b9-7-,11-6+. The Kier molecular flexibility index (Phi) is 6.40. The monoisotopic (exact) mass is 148 g/mol. The van der Waals surface area contributed by atoms with Crippen molar-refractivity contribution in [1.29, 1.82) is 0 Å². The zero-order chi connectivity index (χ0) is 8.53. The topological polar surface area (TPSA) is 0 Å². The van der Waals surface area contributed by atoms with E-state index >= 15 is 0 Å². The van der Waals surface area contributed by atoms with Crippen LogP contribution in [-0.2, 0) is 0 Å². The van der Waals surface area contributed by atoms with Crippen LogP contribution in [0.15, 0.2) is 49.1 Å². The molecule has 60 valence electrons. The molecule has 0 radical (unpaired) electrons. The second-order valence-corrected chi connectivity index (χ2v) is 2.29. The molecule has 0 aliphatic heterocycles. The molecule has 11 heavy (non-hydrogen) atoms. The summed E-state index contributed by atoms with van der Waals surface area (Å²) in [6.07, 6.45) is 12.0. The van der Waals surface area contributed by atoms with Crippen LogP contribution >= 0.6 is 0 Å². The molecule has 0 aliphatic rings. The van der Waals surface area contributed by atoms with Crippen LogP contribution in [0.1, 0.15) is 19.8 Å². The summed E-state index contributed by atoms with van der Waals surface area (Å²) in [7, 11) is 0. The van der Waals surface area contributed by atoms with E-state index in [0.29, 0.717) is 0 Å². The van der Waals surface area contributed by atoms with Gasteiger partial charge in [0.1, 0.15) is 0 Å². The number of hydrogen-bond donors (Lipinski definition) is 0. The molecular weight excluding hydrogens is 132 g/mol. The van der Waals surface area contributed by atoms with Gasteiger partial charge in [0.2, 0.25) is 0 Å². The number of hydrogen-bond acceptors (Lipinski definition) is 0. The van der Waals surface area contributed by atoms with Crippen molar-refractivity contribution in [3.63, 3.8) is 0 Å². The summed E-state index contributed by atoms with van der Waals surface area (Å²) in [6.45, 7) is 9.34. The van der Waals surface area contributed by atoms with Crippen LogP contribution in [0.4, 0.5) is 0 Å². The Labute approximate surface area is 69.6 Å². The first kappa shape index (κ1) is 9.96. The molecule has 0 spiro atoms. The molecule has 0 aliphatic carbocycles. The van der Waals surface area contributed by atoms with Gasteiger partial charge < -0.3 is 0 Å². The molecule has 0 heteroatoms. The molecule has 0 saturated heterocycles. The van der Waals surface area contributed by atoms with Crippen LogP contribution in [-0.4, -0.2) is 0 Å². The van der Waals surface area contributed by atoms with Gasteiger partial charge in [-0.3, -0.25) is 0 Å². The highest BCUT2D eigenvalue weighted by Crippen LogP contribution is 2.06. The second kappa shape index (κ2) is 7.07. The summed E-state index contributed by atoms with van der Waals surface area (Å²) in [4.78, 5) is 0. The first-order valence-corrected chi connectivity index (χ1v) is 3.90. The summed E-state index contributed by atoms with van der Waals surface area (Å²) >= 11 is 0. The zero-order valence-corrected chi connectivity index (χ0v) is 7.22. The Morgan fingerprint density at radius 3 is 2.55 bits per heavy atom. The first-order valence-electron chi connectivity index (χ1n) is 3.90. The van der Waals surface area contributed by atoms with Crippen molar-refractivity contribution in [3.8, 4) is 0 Å². The minimum Gasteiger partial charge on any atom is -0.103 e. The molecule has 0 aromatic rings. The summed E-state index contributed by atoms with van der Waals surface area (Å²) in [5.41, 5.74) is 1.34. The van der Waals surface area contributed by atoms with E-state index in [2.05, 4.69) is 25.3 Å². The zero-order valence-electron chi connectivity index (χ0n) is 7.22. The normalized spacial score (nSPS) is 11.9. The van der Waals surface area contributed by atoms with Gasteiger partial charge in [-0.15, -0.1) is 6.58 Å². The average Bonchev–Trinajstić information content (AvgIpc) is 2.05. The van der Waals surface area contributed by atoms with Crippen LogP contribution < -0.4 is 0 Å². The van der Waals surface area contributed by atoms with E-state index in [1.807, 2.05) is 19.1 Å². The maximum absolute atomic E-state index is 3.68. The lowest BCUT2D eigenvalue weighted by Crippen LogP contribution is -1.75. The highest BCUT2D eigenvalue weighted by molar-refractivity contribution is 5.21. The van der Waals surface area contributed by atoms with E-state index in [1.54, 1.807) is 6.08 Å². The molecule has 0 atom stereocenters. The molecule has 0 heterocycles. The van der Waals surface area contributed by atoms with Crippen molar-refractivity contribution >= 4 is 0 Å². The molecule has 0 saturated carbocycles. The van der Waals surface area contributed by atoms with Gasteiger partial charge in [0.15, 0.2) is 0 Å². The first-order chi connectivity index (χ1) is 5.35. The third kappa shape index (κ3) is 5.41. The van der Waals surface area contributed by atoms with Gasteiger partial charge >= 0.3 is 0 Å². The molecule has 0 N–H and O–H groups in total. The number of allylic oxidation sites excluding steroid dienone is 6.